The molecule has 3 aromatic rings. The number of hydrogen-bond donors (Lipinski definition) is 0. The number of fused-ring (bicyclic) bond motifs is 1. The summed E-state index contributed by atoms with van der Waals surface area (Å²) >= 11 is 0. The van der Waals surface area contributed by atoms with Crippen LogP contribution < -0.4 is 4.90 Å². The van der Waals surface area contributed by atoms with Gasteiger partial charge in [-0.05, 0) is 64.8 Å². The molecule has 2 atom stereocenters. The monoisotopic (exact) mass is 566 g/mol. The molecule has 0 bridgehead atoms. The first-order valence-corrected chi connectivity index (χ1v) is 14.8. The first kappa shape index (κ1) is 27.9. The van der Waals surface area contributed by atoms with E-state index >= 15 is 0 Å². The fraction of sp³-hybridized carbons (Fsp3) is 0.400. The van der Waals surface area contributed by atoms with Crippen LogP contribution in [0.1, 0.15) is 46.6 Å². The van der Waals surface area contributed by atoms with Gasteiger partial charge in [0.25, 0.3) is 0 Å². The molecule has 1 aliphatic heterocycles. The molecule has 2 aromatic heterocycles. The molecule has 1 fully saturated rings. The van der Waals surface area contributed by atoms with Crippen molar-refractivity contribution in [1.29, 1.82) is 0 Å². The molecule has 0 spiro atoms. The fourth-order valence-corrected chi connectivity index (χ4v) is 7.08. The molecule has 1 saturated heterocycles. The zero-order valence-electron chi connectivity index (χ0n) is 23.5. The van der Waals surface area contributed by atoms with Crippen LogP contribution in [0.25, 0.3) is 16.5 Å². The molecular formula is C30H35FN4O4S. The Bertz CT molecular complexity index is 1620. The zero-order valence-corrected chi connectivity index (χ0v) is 24.3. The summed E-state index contributed by atoms with van der Waals surface area (Å²) in [5, 5.41) is 0.705. The Labute approximate surface area is 234 Å². The maximum atomic E-state index is 14.5. The second-order valence-corrected chi connectivity index (χ2v) is 13.9. The van der Waals surface area contributed by atoms with Crippen LogP contribution in [0.15, 0.2) is 67.0 Å². The lowest BCUT2D eigenvalue weighted by atomic mass is 9.90. The van der Waals surface area contributed by atoms with Crippen molar-refractivity contribution in [2.45, 2.75) is 57.4 Å². The van der Waals surface area contributed by atoms with Gasteiger partial charge in [-0.3, -0.25) is 0 Å². The van der Waals surface area contributed by atoms with Crippen molar-refractivity contribution in [2.75, 3.05) is 24.5 Å². The highest BCUT2D eigenvalue weighted by Crippen LogP contribution is 2.39. The molecule has 10 heteroatoms. The van der Waals surface area contributed by atoms with Gasteiger partial charge in [-0.25, -0.2) is 26.6 Å². The van der Waals surface area contributed by atoms with Crippen molar-refractivity contribution in [3.05, 3.63) is 78.4 Å². The molecule has 0 radical (unpaired) electrons. The number of carbonyl (C=O) groups excluding carboxylic acids is 1. The van der Waals surface area contributed by atoms with Gasteiger partial charge in [0, 0.05) is 49.0 Å². The summed E-state index contributed by atoms with van der Waals surface area (Å²) in [4.78, 5) is 21.0. The molecule has 212 valence electrons. The zero-order chi connectivity index (χ0) is 28.9. The Hall–Kier alpha value is -3.66. The van der Waals surface area contributed by atoms with Crippen molar-refractivity contribution in [3.63, 3.8) is 0 Å². The van der Waals surface area contributed by atoms with Crippen LogP contribution in [-0.2, 0) is 14.8 Å². The largest absolute Gasteiger partial charge is 0.444 e. The van der Waals surface area contributed by atoms with Gasteiger partial charge in [-0.1, -0.05) is 36.4 Å². The molecule has 40 heavy (non-hydrogen) atoms. The minimum atomic E-state index is -3.95. The van der Waals surface area contributed by atoms with Crippen LogP contribution in [0.3, 0.4) is 0 Å². The van der Waals surface area contributed by atoms with E-state index in [0.717, 1.165) is 0 Å². The van der Waals surface area contributed by atoms with E-state index < -0.39 is 20.4 Å². The minimum absolute atomic E-state index is 0.0633. The highest BCUT2D eigenvalue weighted by atomic mass is 32.2. The molecule has 2 aliphatic rings. The summed E-state index contributed by atoms with van der Waals surface area (Å²) in [6.45, 7) is 10.7. The molecule has 1 unspecified atom stereocenters. The Balaban J connectivity index is 1.43. The number of allylic oxidation sites excluding steroid dienone is 3. The third kappa shape index (κ3) is 5.00. The number of benzene rings is 1. The van der Waals surface area contributed by atoms with Crippen molar-refractivity contribution >= 4 is 38.4 Å². The van der Waals surface area contributed by atoms with Crippen LogP contribution in [0.2, 0.25) is 0 Å². The highest BCUT2D eigenvalue weighted by Gasteiger charge is 2.41. The summed E-state index contributed by atoms with van der Waals surface area (Å²) in [6, 6.07) is 9.80. The number of anilines is 1. The molecule has 1 aromatic carbocycles. The average molecular weight is 567 g/mol. The van der Waals surface area contributed by atoms with Crippen LogP contribution in [0, 0.1) is 5.82 Å². The van der Waals surface area contributed by atoms with Gasteiger partial charge in [0.05, 0.1) is 5.52 Å². The smallest absolute Gasteiger partial charge is 0.410 e. The number of aromatic nitrogens is 2. The Morgan fingerprint density at radius 2 is 1.90 bits per heavy atom. The maximum Gasteiger partial charge on any atom is 0.410 e. The fourth-order valence-electron chi connectivity index (χ4n) is 5.40. The van der Waals surface area contributed by atoms with Gasteiger partial charge >= 0.3 is 6.09 Å². The van der Waals surface area contributed by atoms with E-state index in [9.17, 15) is 17.6 Å². The number of halogens is 1. The molecule has 0 N–H and O–H groups in total. The number of carbonyl (C=O) groups is 1. The van der Waals surface area contributed by atoms with Gasteiger partial charge in [-0.2, -0.15) is 0 Å². The standard InChI is InChI=1S/C30H35FN4O4S/c1-21-20-33(28(36)39-29(2,3)4)17-18-34(21)27-24-13-16-35(26(24)12-15-32-27)40(37,38)30(5)14-8-9-22(19-30)23-10-6-7-11-25(23)31/h6-16,21H,17-20H2,1-5H3/t21-,30?/m0/s1. The number of pyridine rings is 1. The quantitative estimate of drug-likeness (QED) is 0.409. The lowest BCUT2D eigenvalue weighted by molar-refractivity contribution is 0.0218. The number of hydrogen-bond acceptors (Lipinski definition) is 6. The maximum absolute atomic E-state index is 14.5. The number of nitrogens with zero attached hydrogens (tertiary/aromatic N) is 4. The van der Waals surface area contributed by atoms with Gasteiger partial charge in [0.15, 0.2) is 0 Å². The topological polar surface area (TPSA) is 84.7 Å². The Kier molecular flexibility index (Phi) is 7.02. The summed E-state index contributed by atoms with van der Waals surface area (Å²) in [6.07, 6.45) is 8.08. The molecule has 5 rings (SSSR count). The second kappa shape index (κ2) is 10.1. The van der Waals surface area contributed by atoms with Crippen LogP contribution in [-0.4, -0.2) is 64.4 Å². The van der Waals surface area contributed by atoms with E-state index in [-0.39, 0.29) is 24.4 Å². The van der Waals surface area contributed by atoms with E-state index in [4.69, 9.17) is 4.74 Å². The van der Waals surface area contributed by atoms with E-state index in [1.54, 1.807) is 72.8 Å². The van der Waals surface area contributed by atoms with E-state index in [2.05, 4.69) is 9.88 Å². The van der Waals surface area contributed by atoms with Crippen molar-refractivity contribution < 1.29 is 22.3 Å². The predicted octanol–water partition coefficient (Wildman–Crippen LogP) is 5.60. The Morgan fingerprint density at radius 1 is 1.15 bits per heavy atom. The molecule has 1 aliphatic carbocycles. The van der Waals surface area contributed by atoms with Crippen molar-refractivity contribution in [1.82, 2.24) is 13.9 Å². The number of rotatable bonds is 4. The van der Waals surface area contributed by atoms with Crippen molar-refractivity contribution in [3.8, 4) is 0 Å². The van der Waals surface area contributed by atoms with Crippen LogP contribution in [0.5, 0.6) is 0 Å². The second-order valence-electron chi connectivity index (χ2n) is 11.7. The summed E-state index contributed by atoms with van der Waals surface area (Å²) in [5.74, 6) is 0.283. The van der Waals surface area contributed by atoms with E-state index in [1.807, 2.05) is 27.7 Å². The lowest BCUT2D eigenvalue weighted by Crippen LogP contribution is -2.54. The normalized spacial score (nSPS) is 21.9. The number of ether oxygens (including phenoxy) is 1. The molecule has 0 saturated carbocycles. The lowest BCUT2D eigenvalue weighted by Gasteiger charge is -2.41. The number of piperazine rings is 1. The summed E-state index contributed by atoms with van der Waals surface area (Å²) in [5.41, 5.74) is 0.969. The van der Waals surface area contributed by atoms with E-state index in [0.29, 0.717) is 47.5 Å². The first-order valence-electron chi connectivity index (χ1n) is 13.4. The third-order valence-electron chi connectivity index (χ3n) is 7.47. The molecule has 3 heterocycles. The van der Waals surface area contributed by atoms with Gasteiger partial charge in [0.1, 0.15) is 22.0 Å². The summed E-state index contributed by atoms with van der Waals surface area (Å²) < 4.78 is 48.4. The first-order chi connectivity index (χ1) is 18.8. The summed E-state index contributed by atoms with van der Waals surface area (Å²) in [7, 11) is -3.95. The van der Waals surface area contributed by atoms with Gasteiger partial charge in [0.2, 0.25) is 10.0 Å². The molecule has 1 amide bonds. The highest BCUT2D eigenvalue weighted by molar-refractivity contribution is 7.91. The van der Waals surface area contributed by atoms with Crippen LogP contribution >= 0.6 is 0 Å². The third-order valence-corrected chi connectivity index (χ3v) is 9.76. The van der Waals surface area contributed by atoms with Gasteiger partial charge < -0.3 is 14.5 Å². The Morgan fingerprint density at radius 3 is 2.60 bits per heavy atom. The SMILES string of the molecule is C[C@H]1CN(C(=O)OC(C)(C)C)CCN1c1nccc2c1ccn2S(=O)(=O)C1(C)C=CC=C(c2ccccc2F)C1. The average Bonchev–Trinajstić information content (AvgIpc) is 3.33. The molecular weight excluding hydrogens is 531 g/mol. The van der Waals surface area contributed by atoms with E-state index in [1.165, 1.54) is 10.0 Å². The minimum Gasteiger partial charge on any atom is -0.444 e. The van der Waals surface area contributed by atoms with Crippen molar-refractivity contribution in [2.24, 2.45) is 0 Å². The number of amides is 1. The van der Waals surface area contributed by atoms with Gasteiger partial charge in [-0.15, -0.1) is 0 Å². The predicted molar refractivity (Wildman–Crippen MR) is 155 cm³/mol. The molecule has 8 nitrogen and oxygen atoms in total. The van der Waals surface area contributed by atoms with Crippen LogP contribution in [0.4, 0.5) is 15.0 Å².